The van der Waals surface area contributed by atoms with Gasteiger partial charge < -0.3 is 5.32 Å². The second-order valence-corrected chi connectivity index (χ2v) is 6.46. The van der Waals surface area contributed by atoms with Crippen molar-refractivity contribution in [2.45, 2.75) is 20.4 Å². The first-order valence-corrected chi connectivity index (χ1v) is 7.07. The Morgan fingerprint density at radius 3 is 2.94 bits per heavy atom. The summed E-state index contributed by atoms with van der Waals surface area (Å²) in [5, 5.41) is 5.18. The van der Waals surface area contributed by atoms with Crippen LogP contribution in [0.2, 0.25) is 5.02 Å². The van der Waals surface area contributed by atoms with Crippen LogP contribution in [-0.4, -0.2) is 17.5 Å². The number of benzene rings is 1. The standard InChI is InChI=1S/C13H17ClN2S/c1-13(2)8-16-12(17-9-13)15-7-10-4-3-5-11(14)6-10/h3-6H,7-9H2,1-2H3,(H,15,16). The lowest BCUT2D eigenvalue weighted by Gasteiger charge is -2.27. The van der Waals surface area contributed by atoms with Crippen LogP contribution < -0.4 is 5.32 Å². The van der Waals surface area contributed by atoms with Crippen molar-refractivity contribution in [2.24, 2.45) is 10.4 Å². The summed E-state index contributed by atoms with van der Waals surface area (Å²) in [6.45, 7) is 6.18. The molecule has 0 fully saturated rings. The van der Waals surface area contributed by atoms with Crippen molar-refractivity contribution in [2.75, 3.05) is 12.3 Å². The van der Waals surface area contributed by atoms with E-state index in [1.54, 1.807) is 11.8 Å². The molecule has 0 atom stereocenters. The van der Waals surface area contributed by atoms with Crippen LogP contribution in [-0.2, 0) is 6.54 Å². The number of rotatable bonds is 2. The third-order valence-corrected chi connectivity index (χ3v) is 4.29. The Kier molecular flexibility index (Phi) is 4.00. The molecule has 0 bridgehead atoms. The number of hydrogen-bond donors (Lipinski definition) is 1. The first kappa shape index (κ1) is 12.8. The first-order chi connectivity index (χ1) is 8.05. The zero-order valence-corrected chi connectivity index (χ0v) is 11.7. The molecule has 0 radical (unpaired) electrons. The fourth-order valence-electron chi connectivity index (χ4n) is 1.57. The van der Waals surface area contributed by atoms with E-state index in [0.29, 0.717) is 5.41 Å². The van der Waals surface area contributed by atoms with Gasteiger partial charge in [-0.3, -0.25) is 4.99 Å². The van der Waals surface area contributed by atoms with Crippen molar-refractivity contribution in [3.8, 4) is 0 Å². The largest absolute Gasteiger partial charge is 0.361 e. The molecule has 1 heterocycles. The minimum absolute atomic E-state index is 0.325. The lowest BCUT2D eigenvalue weighted by atomic mass is 9.97. The minimum atomic E-state index is 0.325. The highest BCUT2D eigenvalue weighted by molar-refractivity contribution is 8.13. The number of nitrogens with one attached hydrogen (secondary N) is 1. The smallest absolute Gasteiger partial charge is 0.156 e. The summed E-state index contributed by atoms with van der Waals surface area (Å²) < 4.78 is 0. The minimum Gasteiger partial charge on any atom is -0.361 e. The molecule has 92 valence electrons. The van der Waals surface area contributed by atoms with Crippen LogP contribution in [0.25, 0.3) is 0 Å². The van der Waals surface area contributed by atoms with E-state index in [4.69, 9.17) is 11.6 Å². The summed E-state index contributed by atoms with van der Waals surface area (Å²) in [7, 11) is 0. The number of hydrogen-bond acceptors (Lipinski definition) is 3. The molecule has 1 aromatic carbocycles. The fourth-order valence-corrected chi connectivity index (χ4v) is 2.73. The van der Waals surface area contributed by atoms with Gasteiger partial charge in [0.15, 0.2) is 5.17 Å². The Bertz CT molecular complexity index is 429. The molecule has 4 heteroatoms. The van der Waals surface area contributed by atoms with Gasteiger partial charge in [0, 0.05) is 23.9 Å². The molecular formula is C13H17ClN2S. The van der Waals surface area contributed by atoms with Crippen molar-refractivity contribution >= 4 is 28.5 Å². The Balaban J connectivity index is 1.89. The van der Waals surface area contributed by atoms with E-state index in [0.717, 1.165) is 29.0 Å². The summed E-state index contributed by atoms with van der Waals surface area (Å²) >= 11 is 7.74. The maximum absolute atomic E-state index is 5.94. The van der Waals surface area contributed by atoms with Crippen LogP contribution in [0.15, 0.2) is 29.3 Å². The summed E-state index contributed by atoms with van der Waals surface area (Å²) in [4.78, 5) is 4.56. The van der Waals surface area contributed by atoms with Gasteiger partial charge in [0.1, 0.15) is 0 Å². The van der Waals surface area contributed by atoms with E-state index in [1.165, 1.54) is 5.56 Å². The quantitative estimate of drug-likeness (QED) is 0.887. The number of halogens is 1. The van der Waals surface area contributed by atoms with E-state index >= 15 is 0 Å². The Labute approximate surface area is 112 Å². The van der Waals surface area contributed by atoms with Crippen molar-refractivity contribution in [3.05, 3.63) is 34.9 Å². The Morgan fingerprint density at radius 2 is 2.29 bits per heavy atom. The SMILES string of the molecule is CC1(C)CN=C(NCc2cccc(Cl)c2)SC1. The van der Waals surface area contributed by atoms with Gasteiger partial charge in [-0.05, 0) is 23.1 Å². The molecule has 0 amide bonds. The van der Waals surface area contributed by atoms with Gasteiger partial charge in [-0.15, -0.1) is 0 Å². The van der Waals surface area contributed by atoms with Crippen molar-refractivity contribution < 1.29 is 0 Å². The van der Waals surface area contributed by atoms with Gasteiger partial charge in [-0.1, -0.05) is 49.3 Å². The van der Waals surface area contributed by atoms with Crippen molar-refractivity contribution in [1.29, 1.82) is 0 Å². The molecule has 1 aliphatic rings. The van der Waals surface area contributed by atoms with E-state index < -0.39 is 0 Å². The topological polar surface area (TPSA) is 24.4 Å². The van der Waals surface area contributed by atoms with Crippen molar-refractivity contribution in [1.82, 2.24) is 5.32 Å². The number of aliphatic imine (C=N–C) groups is 1. The molecule has 0 aromatic heterocycles. The molecule has 1 aliphatic heterocycles. The highest BCUT2D eigenvalue weighted by Gasteiger charge is 2.23. The van der Waals surface area contributed by atoms with Gasteiger partial charge in [0.25, 0.3) is 0 Å². The van der Waals surface area contributed by atoms with Gasteiger partial charge >= 0.3 is 0 Å². The Morgan fingerprint density at radius 1 is 1.47 bits per heavy atom. The second-order valence-electron chi connectivity index (χ2n) is 5.06. The highest BCUT2D eigenvalue weighted by atomic mass is 35.5. The van der Waals surface area contributed by atoms with Gasteiger partial charge in [-0.25, -0.2) is 0 Å². The maximum atomic E-state index is 5.94. The highest BCUT2D eigenvalue weighted by Crippen LogP contribution is 2.27. The summed E-state index contributed by atoms with van der Waals surface area (Å²) in [5.41, 5.74) is 1.51. The predicted molar refractivity (Wildman–Crippen MR) is 76.8 cm³/mol. The third kappa shape index (κ3) is 3.93. The second kappa shape index (κ2) is 5.32. The molecular weight excluding hydrogens is 252 g/mol. The van der Waals surface area contributed by atoms with Crippen LogP contribution in [0.3, 0.4) is 0 Å². The van der Waals surface area contributed by atoms with Gasteiger partial charge in [0.05, 0.1) is 0 Å². The Hall–Kier alpha value is -0.670. The average molecular weight is 269 g/mol. The zero-order valence-electron chi connectivity index (χ0n) is 10.2. The van der Waals surface area contributed by atoms with Gasteiger partial charge in [-0.2, -0.15) is 0 Å². The molecule has 0 saturated carbocycles. The summed E-state index contributed by atoms with van der Waals surface area (Å²) in [6, 6.07) is 7.90. The van der Waals surface area contributed by atoms with Crippen LogP contribution in [0, 0.1) is 5.41 Å². The van der Waals surface area contributed by atoms with Crippen molar-refractivity contribution in [3.63, 3.8) is 0 Å². The molecule has 1 N–H and O–H groups in total. The van der Waals surface area contributed by atoms with E-state index in [2.05, 4.69) is 30.2 Å². The zero-order chi connectivity index (χ0) is 12.3. The summed E-state index contributed by atoms with van der Waals surface area (Å²) in [5.74, 6) is 1.12. The molecule has 0 unspecified atom stereocenters. The molecule has 2 nitrogen and oxygen atoms in total. The predicted octanol–water partition coefficient (Wildman–Crippen LogP) is 3.56. The number of nitrogens with zero attached hydrogens (tertiary/aromatic N) is 1. The monoisotopic (exact) mass is 268 g/mol. The molecule has 0 aliphatic carbocycles. The van der Waals surface area contributed by atoms with Crippen LogP contribution in [0.4, 0.5) is 0 Å². The van der Waals surface area contributed by atoms with Crippen LogP contribution >= 0.6 is 23.4 Å². The molecule has 0 saturated heterocycles. The first-order valence-electron chi connectivity index (χ1n) is 5.71. The van der Waals surface area contributed by atoms with Gasteiger partial charge in [0.2, 0.25) is 0 Å². The maximum Gasteiger partial charge on any atom is 0.156 e. The lowest BCUT2D eigenvalue weighted by Crippen LogP contribution is -2.30. The average Bonchev–Trinajstić information content (AvgIpc) is 2.28. The molecule has 1 aromatic rings. The molecule has 2 rings (SSSR count). The van der Waals surface area contributed by atoms with E-state index in [9.17, 15) is 0 Å². The fraction of sp³-hybridized carbons (Fsp3) is 0.462. The van der Waals surface area contributed by atoms with E-state index in [1.807, 2.05) is 18.2 Å². The third-order valence-electron chi connectivity index (χ3n) is 2.58. The normalized spacial score (nSPS) is 18.6. The number of thioether (sulfide) groups is 1. The number of amidine groups is 1. The van der Waals surface area contributed by atoms with Crippen LogP contribution in [0.5, 0.6) is 0 Å². The summed E-state index contributed by atoms with van der Waals surface area (Å²) in [6.07, 6.45) is 0. The lowest BCUT2D eigenvalue weighted by molar-refractivity contribution is 0.436. The molecule has 17 heavy (non-hydrogen) atoms. The van der Waals surface area contributed by atoms with Crippen LogP contribution in [0.1, 0.15) is 19.4 Å². The molecule has 0 spiro atoms. The van der Waals surface area contributed by atoms with E-state index in [-0.39, 0.29) is 0 Å².